The minimum atomic E-state index is 0.104. The third-order valence-electron chi connectivity index (χ3n) is 3.80. The van der Waals surface area contributed by atoms with Gasteiger partial charge in [0.25, 0.3) is 0 Å². The molecular formula is C16H28N2O. The molecule has 1 aromatic carbocycles. The zero-order chi connectivity index (χ0) is 14.3. The van der Waals surface area contributed by atoms with Gasteiger partial charge in [0.15, 0.2) is 0 Å². The molecular weight excluding hydrogens is 236 g/mol. The molecule has 0 amide bonds. The largest absolute Gasteiger partial charge is 0.383 e. The predicted octanol–water partition coefficient (Wildman–Crippen LogP) is 2.13. The van der Waals surface area contributed by atoms with E-state index in [-0.39, 0.29) is 5.41 Å². The van der Waals surface area contributed by atoms with Gasteiger partial charge in [-0.2, -0.15) is 0 Å². The summed E-state index contributed by atoms with van der Waals surface area (Å²) in [4.78, 5) is 2.37. The van der Waals surface area contributed by atoms with Crippen LogP contribution < -0.4 is 5.32 Å². The van der Waals surface area contributed by atoms with Crippen LogP contribution in [0.15, 0.2) is 30.3 Å². The summed E-state index contributed by atoms with van der Waals surface area (Å²) in [7, 11) is 5.94. The van der Waals surface area contributed by atoms with Gasteiger partial charge in [0.1, 0.15) is 0 Å². The molecule has 0 aromatic heterocycles. The van der Waals surface area contributed by atoms with E-state index in [9.17, 15) is 0 Å². The molecule has 108 valence electrons. The summed E-state index contributed by atoms with van der Waals surface area (Å²) in [6, 6.07) is 11.1. The molecule has 2 unspecified atom stereocenters. The zero-order valence-corrected chi connectivity index (χ0v) is 12.9. The lowest BCUT2D eigenvalue weighted by atomic mass is 9.81. The van der Waals surface area contributed by atoms with Crippen LogP contribution in [-0.4, -0.2) is 51.8 Å². The Balaban J connectivity index is 2.82. The SMILES string of the molecule is CNCC(C)(CN(C)C(C)COC)c1ccccc1. The van der Waals surface area contributed by atoms with Crippen molar-refractivity contribution in [1.29, 1.82) is 0 Å². The van der Waals surface area contributed by atoms with Crippen molar-refractivity contribution in [2.24, 2.45) is 0 Å². The van der Waals surface area contributed by atoms with E-state index in [0.717, 1.165) is 19.7 Å². The van der Waals surface area contributed by atoms with Gasteiger partial charge in [-0.15, -0.1) is 0 Å². The highest BCUT2D eigenvalue weighted by Crippen LogP contribution is 2.24. The first kappa shape index (κ1) is 16.2. The standard InChI is InChI=1S/C16H28N2O/c1-14(11-19-5)18(4)13-16(2,12-17-3)15-9-7-6-8-10-15/h6-10,14,17H,11-13H2,1-5H3. The minimum Gasteiger partial charge on any atom is -0.383 e. The van der Waals surface area contributed by atoms with Crippen molar-refractivity contribution in [2.45, 2.75) is 25.3 Å². The van der Waals surface area contributed by atoms with Crippen LogP contribution in [0.25, 0.3) is 0 Å². The van der Waals surface area contributed by atoms with Gasteiger partial charge in [-0.25, -0.2) is 0 Å². The normalized spacial score (nSPS) is 16.3. The number of hydrogen-bond acceptors (Lipinski definition) is 3. The summed E-state index contributed by atoms with van der Waals surface area (Å²) >= 11 is 0. The van der Waals surface area contributed by atoms with E-state index in [1.165, 1.54) is 5.56 Å². The third kappa shape index (κ3) is 4.60. The lowest BCUT2D eigenvalue weighted by molar-refractivity contribution is 0.101. The summed E-state index contributed by atoms with van der Waals surface area (Å²) in [5.41, 5.74) is 1.48. The molecule has 0 spiro atoms. The Morgan fingerprint density at radius 3 is 2.47 bits per heavy atom. The Kier molecular flexibility index (Phi) is 6.49. The molecule has 1 aromatic rings. The smallest absolute Gasteiger partial charge is 0.0615 e. The second-order valence-corrected chi connectivity index (χ2v) is 5.68. The topological polar surface area (TPSA) is 24.5 Å². The van der Waals surface area contributed by atoms with Gasteiger partial charge in [0, 0.05) is 31.7 Å². The number of rotatable bonds is 8. The van der Waals surface area contributed by atoms with Crippen molar-refractivity contribution in [3.63, 3.8) is 0 Å². The summed E-state index contributed by atoms with van der Waals surface area (Å²) in [5, 5.41) is 3.33. The fraction of sp³-hybridized carbons (Fsp3) is 0.625. The average molecular weight is 264 g/mol. The lowest BCUT2D eigenvalue weighted by Gasteiger charge is -2.36. The lowest BCUT2D eigenvalue weighted by Crippen LogP contribution is -2.47. The van der Waals surface area contributed by atoms with Crippen LogP contribution in [0.2, 0.25) is 0 Å². The third-order valence-corrected chi connectivity index (χ3v) is 3.80. The predicted molar refractivity (Wildman–Crippen MR) is 81.7 cm³/mol. The van der Waals surface area contributed by atoms with E-state index >= 15 is 0 Å². The molecule has 0 fully saturated rings. The van der Waals surface area contributed by atoms with E-state index in [0.29, 0.717) is 6.04 Å². The number of likely N-dealkylation sites (N-methyl/N-ethyl adjacent to an activating group) is 2. The summed E-state index contributed by atoms with van der Waals surface area (Å²) in [6.07, 6.45) is 0. The van der Waals surface area contributed by atoms with Gasteiger partial charge >= 0.3 is 0 Å². The quantitative estimate of drug-likeness (QED) is 0.778. The van der Waals surface area contributed by atoms with Crippen LogP contribution in [0.5, 0.6) is 0 Å². The van der Waals surface area contributed by atoms with E-state index in [1.807, 2.05) is 7.05 Å². The average Bonchev–Trinajstić information content (AvgIpc) is 2.40. The highest BCUT2D eigenvalue weighted by Gasteiger charge is 2.28. The van der Waals surface area contributed by atoms with E-state index in [4.69, 9.17) is 4.74 Å². The Hall–Kier alpha value is -0.900. The molecule has 0 heterocycles. The number of benzene rings is 1. The zero-order valence-electron chi connectivity index (χ0n) is 12.9. The molecule has 3 nitrogen and oxygen atoms in total. The number of hydrogen-bond donors (Lipinski definition) is 1. The molecule has 0 aliphatic rings. The number of methoxy groups -OCH3 is 1. The van der Waals surface area contributed by atoms with Gasteiger partial charge in [-0.05, 0) is 26.6 Å². The van der Waals surface area contributed by atoms with Crippen molar-refractivity contribution < 1.29 is 4.74 Å². The van der Waals surface area contributed by atoms with Crippen LogP contribution >= 0.6 is 0 Å². The van der Waals surface area contributed by atoms with Crippen molar-refractivity contribution in [3.8, 4) is 0 Å². The van der Waals surface area contributed by atoms with Crippen LogP contribution in [-0.2, 0) is 10.2 Å². The van der Waals surface area contributed by atoms with E-state index in [1.54, 1.807) is 7.11 Å². The Labute approximate surface area is 118 Å². The van der Waals surface area contributed by atoms with E-state index in [2.05, 4.69) is 61.4 Å². The molecule has 0 aliphatic heterocycles. The number of ether oxygens (including phenoxy) is 1. The van der Waals surface area contributed by atoms with Crippen molar-refractivity contribution in [3.05, 3.63) is 35.9 Å². The highest BCUT2D eigenvalue weighted by molar-refractivity contribution is 5.25. The molecule has 1 rings (SSSR count). The second kappa shape index (κ2) is 7.63. The first-order chi connectivity index (χ1) is 9.03. The van der Waals surface area contributed by atoms with Gasteiger partial charge in [-0.1, -0.05) is 37.3 Å². The van der Waals surface area contributed by atoms with Crippen LogP contribution in [0, 0.1) is 0 Å². The highest BCUT2D eigenvalue weighted by atomic mass is 16.5. The number of nitrogens with one attached hydrogen (secondary N) is 1. The van der Waals surface area contributed by atoms with Crippen LogP contribution in [0.4, 0.5) is 0 Å². The van der Waals surface area contributed by atoms with Crippen LogP contribution in [0.3, 0.4) is 0 Å². The van der Waals surface area contributed by atoms with Crippen molar-refractivity contribution in [2.75, 3.05) is 40.9 Å². The van der Waals surface area contributed by atoms with Gasteiger partial charge in [0.2, 0.25) is 0 Å². The first-order valence-electron chi connectivity index (χ1n) is 6.93. The molecule has 0 bridgehead atoms. The molecule has 19 heavy (non-hydrogen) atoms. The fourth-order valence-corrected chi connectivity index (χ4v) is 2.55. The molecule has 3 heteroatoms. The van der Waals surface area contributed by atoms with Crippen molar-refractivity contribution >= 4 is 0 Å². The fourth-order valence-electron chi connectivity index (χ4n) is 2.55. The summed E-state index contributed by atoms with van der Waals surface area (Å²) < 4.78 is 5.25. The molecule has 0 saturated carbocycles. The van der Waals surface area contributed by atoms with E-state index < -0.39 is 0 Å². The molecule has 0 saturated heterocycles. The number of nitrogens with zero attached hydrogens (tertiary/aromatic N) is 1. The minimum absolute atomic E-state index is 0.104. The molecule has 1 N–H and O–H groups in total. The van der Waals surface area contributed by atoms with Crippen LogP contribution in [0.1, 0.15) is 19.4 Å². The first-order valence-corrected chi connectivity index (χ1v) is 6.93. The molecule has 0 radical (unpaired) electrons. The Bertz CT molecular complexity index is 355. The maximum Gasteiger partial charge on any atom is 0.0615 e. The van der Waals surface area contributed by atoms with Crippen molar-refractivity contribution in [1.82, 2.24) is 10.2 Å². The Morgan fingerprint density at radius 2 is 1.95 bits per heavy atom. The maximum atomic E-state index is 5.25. The Morgan fingerprint density at radius 1 is 1.32 bits per heavy atom. The van der Waals surface area contributed by atoms with Gasteiger partial charge in [-0.3, -0.25) is 0 Å². The molecule has 2 atom stereocenters. The van der Waals surface area contributed by atoms with Gasteiger partial charge in [0.05, 0.1) is 6.61 Å². The van der Waals surface area contributed by atoms with Gasteiger partial charge < -0.3 is 15.0 Å². The maximum absolute atomic E-state index is 5.25. The molecule has 0 aliphatic carbocycles. The summed E-state index contributed by atoms with van der Waals surface area (Å²) in [6.45, 7) is 7.24. The monoisotopic (exact) mass is 264 g/mol. The second-order valence-electron chi connectivity index (χ2n) is 5.68. The summed E-state index contributed by atoms with van der Waals surface area (Å²) in [5.74, 6) is 0.